The first-order valence-corrected chi connectivity index (χ1v) is 6.80. The van der Waals surface area contributed by atoms with Crippen molar-refractivity contribution >= 4 is 17.4 Å². The zero-order valence-corrected chi connectivity index (χ0v) is 11.1. The van der Waals surface area contributed by atoms with E-state index in [2.05, 4.69) is 6.07 Å². The number of aryl methyl sites for hydroxylation is 1. The number of nitrogen functional groups attached to an aromatic ring is 1. The predicted molar refractivity (Wildman–Crippen MR) is 77.0 cm³/mol. The third kappa shape index (κ3) is 2.96. The van der Waals surface area contributed by atoms with Crippen LogP contribution in [0.2, 0.25) is 0 Å². The molecular weight excluding hydrogens is 244 g/mol. The van der Waals surface area contributed by atoms with Gasteiger partial charge >= 0.3 is 0 Å². The second-order valence-electron chi connectivity index (χ2n) is 4.05. The molecule has 94 valence electrons. The Kier molecular flexibility index (Phi) is 4.10. The van der Waals surface area contributed by atoms with E-state index in [9.17, 15) is 4.79 Å². The molecule has 0 spiro atoms. The lowest BCUT2D eigenvalue weighted by molar-refractivity contribution is 0.735. The van der Waals surface area contributed by atoms with Crippen molar-refractivity contribution in [3.8, 4) is 0 Å². The van der Waals surface area contributed by atoms with Crippen molar-refractivity contribution in [2.45, 2.75) is 18.4 Å². The highest BCUT2D eigenvalue weighted by Crippen LogP contribution is 2.25. The summed E-state index contributed by atoms with van der Waals surface area (Å²) < 4.78 is 1.72. The van der Waals surface area contributed by atoms with Gasteiger partial charge in [0, 0.05) is 35.1 Å². The van der Waals surface area contributed by atoms with Crippen molar-refractivity contribution in [2.75, 3.05) is 11.5 Å². The van der Waals surface area contributed by atoms with E-state index in [4.69, 9.17) is 5.73 Å². The number of thioether (sulfide) groups is 1. The predicted octanol–water partition coefficient (Wildman–Crippen LogP) is 2.53. The van der Waals surface area contributed by atoms with Crippen molar-refractivity contribution in [1.29, 1.82) is 0 Å². The molecule has 0 amide bonds. The molecule has 2 N–H and O–H groups in total. The summed E-state index contributed by atoms with van der Waals surface area (Å²) >= 11 is 1.73. The maximum atomic E-state index is 11.5. The van der Waals surface area contributed by atoms with Crippen LogP contribution < -0.4 is 11.3 Å². The van der Waals surface area contributed by atoms with E-state index >= 15 is 0 Å². The number of aromatic nitrogens is 1. The first-order chi connectivity index (χ1) is 8.68. The summed E-state index contributed by atoms with van der Waals surface area (Å²) in [5.41, 5.74) is 7.83. The number of nitrogens with zero attached hydrogens (tertiary/aromatic N) is 1. The SMILES string of the molecule is Cc1c(N)cccc1SCCn1ccccc1=O. The molecule has 0 unspecified atom stereocenters. The fraction of sp³-hybridized carbons (Fsp3) is 0.214. The van der Waals surface area contributed by atoms with E-state index in [1.807, 2.05) is 31.3 Å². The maximum absolute atomic E-state index is 11.5. The first-order valence-electron chi connectivity index (χ1n) is 5.82. The molecule has 1 heterocycles. The Labute approximate surface area is 111 Å². The minimum absolute atomic E-state index is 0.0439. The Morgan fingerprint density at radius 2 is 2.06 bits per heavy atom. The standard InChI is InChI=1S/C14H16N2OS/c1-11-12(15)5-4-6-13(11)18-10-9-16-8-3-2-7-14(16)17/h2-8H,9-10,15H2,1H3. The summed E-state index contributed by atoms with van der Waals surface area (Å²) in [5.74, 6) is 0.855. The Hall–Kier alpha value is -1.68. The van der Waals surface area contributed by atoms with Gasteiger partial charge in [-0.05, 0) is 30.7 Å². The lowest BCUT2D eigenvalue weighted by atomic mass is 10.2. The summed E-state index contributed by atoms with van der Waals surface area (Å²) in [4.78, 5) is 12.7. The van der Waals surface area contributed by atoms with Crippen LogP contribution in [-0.2, 0) is 6.54 Å². The molecular formula is C14H16N2OS. The highest BCUT2D eigenvalue weighted by Gasteiger charge is 2.02. The van der Waals surface area contributed by atoms with Gasteiger partial charge < -0.3 is 10.3 Å². The number of hydrogen-bond acceptors (Lipinski definition) is 3. The summed E-state index contributed by atoms with van der Waals surface area (Å²) in [6, 6.07) is 11.1. The van der Waals surface area contributed by atoms with Crippen LogP contribution in [-0.4, -0.2) is 10.3 Å². The lowest BCUT2D eigenvalue weighted by Gasteiger charge is -2.08. The average molecular weight is 260 g/mol. The van der Waals surface area contributed by atoms with E-state index in [-0.39, 0.29) is 5.56 Å². The number of pyridine rings is 1. The molecule has 0 bridgehead atoms. The molecule has 0 aliphatic heterocycles. The van der Waals surface area contributed by atoms with Crippen molar-refractivity contribution < 1.29 is 0 Å². The molecule has 2 rings (SSSR count). The van der Waals surface area contributed by atoms with Gasteiger partial charge in [-0.1, -0.05) is 12.1 Å². The summed E-state index contributed by atoms with van der Waals surface area (Å²) in [5, 5.41) is 0. The topological polar surface area (TPSA) is 48.0 Å². The van der Waals surface area contributed by atoms with Crippen LogP contribution in [0.25, 0.3) is 0 Å². The van der Waals surface area contributed by atoms with Crippen molar-refractivity contribution in [3.05, 3.63) is 58.5 Å². The molecule has 0 radical (unpaired) electrons. The van der Waals surface area contributed by atoms with Crippen LogP contribution in [0.15, 0.2) is 52.3 Å². The fourth-order valence-corrected chi connectivity index (χ4v) is 2.70. The zero-order valence-electron chi connectivity index (χ0n) is 10.3. The highest BCUT2D eigenvalue weighted by molar-refractivity contribution is 7.99. The van der Waals surface area contributed by atoms with E-state index in [1.165, 1.54) is 4.90 Å². The summed E-state index contributed by atoms with van der Waals surface area (Å²) in [6.45, 7) is 2.73. The monoisotopic (exact) mass is 260 g/mol. The van der Waals surface area contributed by atoms with Crippen LogP contribution in [0.3, 0.4) is 0 Å². The molecule has 3 nitrogen and oxygen atoms in total. The van der Waals surface area contributed by atoms with Crippen molar-refractivity contribution in [1.82, 2.24) is 4.57 Å². The van der Waals surface area contributed by atoms with E-state index in [0.29, 0.717) is 6.54 Å². The quantitative estimate of drug-likeness (QED) is 0.679. The van der Waals surface area contributed by atoms with Gasteiger partial charge in [-0.15, -0.1) is 11.8 Å². The van der Waals surface area contributed by atoms with Crippen LogP contribution in [0, 0.1) is 6.92 Å². The number of benzene rings is 1. The summed E-state index contributed by atoms with van der Waals surface area (Å²) in [7, 11) is 0. The molecule has 2 aromatic rings. The highest BCUT2D eigenvalue weighted by atomic mass is 32.2. The van der Waals surface area contributed by atoms with Gasteiger partial charge in [-0.2, -0.15) is 0 Å². The van der Waals surface area contributed by atoms with Gasteiger partial charge in [0.25, 0.3) is 5.56 Å². The molecule has 0 aliphatic carbocycles. The van der Waals surface area contributed by atoms with Gasteiger partial charge in [0.05, 0.1) is 0 Å². The number of anilines is 1. The number of hydrogen-bond donors (Lipinski definition) is 1. The normalized spacial score (nSPS) is 10.5. The molecule has 4 heteroatoms. The van der Waals surface area contributed by atoms with Crippen LogP contribution in [0.4, 0.5) is 5.69 Å². The lowest BCUT2D eigenvalue weighted by Crippen LogP contribution is -2.18. The average Bonchev–Trinajstić information content (AvgIpc) is 2.37. The number of rotatable bonds is 4. The Balaban J connectivity index is 1.99. The van der Waals surface area contributed by atoms with Crippen molar-refractivity contribution in [3.63, 3.8) is 0 Å². The molecule has 18 heavy (non-hydrogen) atoms. The van der Waals surface area contributed by atoms with Gasteiger partial charge in [-0.25, -0.2) is 0 Å². The van der Waals surface area contributed by atoms with Crippen LogP contribution >= 0.6 is 11.8 Å². The van der Waals surface area contributed by atoms with Crippen LogP contribution in [0.1, 0.15) is 5.56 Å². The second kappa shape index (κ2) is 5.78. The summed E-state index contributed by atoms with van der Waals surface area (Å²) in [6.07, 6.45) is 1.81. The molecule has 0 fully saturated rings. The Morgan fingerprint density at radius 3 is 2.83 bits per heavy atom. The third-order valence-corrected chi connectivity index (χ3v) is 3.95. The van der Waals surface area contributed by atoms with Gasteiger partial charge in [0.15, 0.2) is 0 Å². The molecule has 0 atom stereocenters. The minimum atomic E-state index is 0.0439. The van der Waals surface area contributed by atoms with Crippen molar-refractivity contribution in [2.24, 2.45) is 0 Å². The van der Waals surface area contributed by atoms with Gasteiger partial charge in [0.1, 0.15) is 0 Å². The minimum Gasteiger partial charge on any atom is -0.398 e. The zero-order chi connectivity index (χ0) is 13.0. The molecule has 1 aromatic heterocycles. The maximum Gasteiger partial charge on any atom is 0.250 e. The van der Waals surface area contributed by atoms with E-state index < -0.39 is 0 Å². The van der Waals surface area contributed by atoms with E-state index in [1.54, 1.807) is 28.5 Å². The fourth-order valence-electron chi connectivity index (χ4n) is 1.69. The van der Waals surface area contributed by atoms with Gasteiger partial charge in [0.2, 0.25) is 0 Å². The number of nitrogens with two attached hydrogens (primary N) is 1. The third-order valence-electron chi connectivity index (χ3n) is 2.81. The molecule has 1 aromatic carbocycles. The Bertz CT molecular complexity index is 592. The Morgan fingerprint density at radius 1 is 1.22 bits per heavy atom. The van der Waals surface area contributed by atoms with Crippen LogP contribution in [0.5, 0.6) is 0 Å². The van der Waals surface area contributed by atoms with E-state index in [0.717, 1.165) is 17.0 Å². The molecule has 0 saturated heterocycles. The van der Waals surface area contributed by atoms with Gasteiger partial charge in [-0.3, -0.25) is 4.79 Å². The second-order valence-corrected chi connectivity index (χ2v) is 5.19. The molecule has 0 saturated carbocycles. The largest absolute Gasteiger partial charge is 0.398 e. The molecule has 0 aliphatic rings. The first kappa shape index (κ1) is 12.8. The smallest absolute Gasteiger partial charge is 0.250 e.